The van der Waals surface area contributed by atoms with E-state index in [2.05, 4.69) is 0 Å². The Kier molecular flexibility index (Phi) is 4.95. The van der Waals surface area contributed by atoms with Crippen LogP contribution in [0, 0.1) is 0 Å². The summed E-state index contributed by atoms with van der Waals surface area (Å²) in [6.45, 7) is 0. The van der Waals surface area contributed by atoms with Crippen LogP contribution in [0.15, 0.2) is 0 Å². The number of rotatable bonds is 4. The molecule has 0 radical (unpaired) electrons. The van der Waals surface area contributed by atoms with Gasteiger partial charge in [-0.1, -0.05) is 0 Å². The number of hydrogen-bond donors (Lipinski definition) is 0. The summed E-state index contributed by atoms with van der Waals surface area (Å²) < 4.78 is 34.4. The van der Waals surface area contributed by atoms with E-state index in [1.807, 2.05) is 6.26 Å². The standard InChI is InChI=1S/C6H11F3S/c1-10-5-3-2-4-6(7,8)9/h2-5H2,1H3. The Labute approximate surface area is 63.2 Å². The van der Waals surface area contributed by atoms with Gasteiger partial charge in [-0.3, -0.25) is 0 Å². The maximum Gasteiger partial charge on any atom is 0.389 e. The summed E-state index contributed by atoms with van der Waals surface area (Å²) in [5.74, 6) is 0.829. The molecule has 0 saturated heterocycles. The first-order chi connectivity index (χ1) is 4.56. The average Bonchev–Trinajstić information content (AvgIpc) is 1.78. The highest BCUT2D eigenvalue weighted by atomic mass is 32.2. The Bertz CT molecular complexity index is 79.6. The van der Waals surface area contributed by atoms with Gasteiger partial charge in [0.1, 0.15) is 0 Å². The van der Waals surface area contributed by atoms with E-state index in [4.69, 9.17) is 0 Å². The second-order valence-electron chi connectivity index (χ2n) is 2.07. The molecule has 62 valence electrons. The summed E-state index contributed by atoms with van der Waals surface area (Å²) in [6, 6.07) is 0. The van der Waals surface area contributed by atoms with Crippen molar-refractivity contribution < 1.29 is 13.2 Å². The van der Waals surface area contributed by atoms with E-state index in [9.17, 15) is 13.2 Å². The van der Waals surface area contributed by atoms with E-state index >= 15 is 0 Å². The van der Waals surface area contributed by atoms with Crippen LogP contribution >= 0.6 is 11.8 Å². The highest BCUT2D eigenvalue weighted by Crippen LogP contribution is 2.22. The lowest BCUT2D eigenvalue weighted by Gasteiger charge is -2.03. The molecule has 0 aliphatic rings. The van der Waals surface area contributed by atoms with E-state index in [-0.39, 0.29) is 6.42 Å². The maximum absolute atomic E-state index is 11.5. The van der Waals surface area contributed by atoms with Crippen LogP contribution in [0.5, 0.6) is 0 Å². The van der Waals surface area contributed by atoms with Crippen molar-refractivity contribution in [2.75, 3.05) is 12.0 Å². The third kappa shape index (κ3) is 8.14. The molecule has 4 heteroatoms. The minimum absolute atomic E-state index is 0.268. The summed E-state index contributed by atoms with van der Waals surface area (Å²) in [7, 11) is 0. The minimum Gasteiger partial charge on any atom is -0.171 e. The van der Waals surface area contributed by atoms with Gasteiger partial charge in [0.05, 0.1) is 0 Å². The molecular weight excluding hydrogens is 161 g/mol. The zero-order valence-corrected chi connectivity index (χ0v) is 6.69. The highest BCUT2D eigenvalue weighted by molar-refractivity contribution is 7.98. The molecule has 0 aromatic carbocycles. The lowest BCUT2D eigenvalue weighted by molar-refractivity contribution is -0.135. The first kappa shape index (κ1) is 10.1. The molecule has 0 fully saturated rings. The van der Waals surface area contributed by atoms with Gasteiger partial charge in [-0.2, -0.15) is 24.9 Å². The number of unbranched alkanes of at least 4 members (excludes halogenated alkanes) is 1. The number of alkyl halides is 3. The zero-order valence-electron chi connectivity index (χ0n) is 5.87. The SMILES string of the molecule is CSCCCCC(F)(F)F. The van der Waals surface area contributed by atoms with Crippen molar-refractivity contribution in [1.29, 1.82) is 0 Å². The van der Waals surface area contributed by atoms with Crippen molar-refractivity contribution in [2.24, 2.45) is 0 Å². The number of hydrogen-bond acceptors (Lipinski definition) is 1. The van der Waals surface area contributed by atoms with Crippen molar-refractivity contribution in [2.45, 2.75) is 25.4 Å². The van der Waals surface area contributed by atoms with Crippen LogP contribution in [0.3, 0.4) is 0 Å². The summed E-state index contributed by atoms with van der Waals surface area (Å²) in [5.41, 5.74) is 0. The van der Waals surface area contributed by atoms with Crippen LogP contribution in [0.25, 0.3) is 0 Å². The lowest BCUT2D eigenvalue weighted by atomic mass is 10.2. The molecule has 0 bridgehead atoms. The van der Waals surface area contributed by atoms with Gasteiger partial charge in [0, 0.05) is 6.42 Å². The molecule has 0 atom stereocenters. The van der Waals surface area contributed by atoms with Gasteiger partial charge in [0.2, 0.25) is 0 Å². The highest BCUT2D eigenvalue weighted by Gasteiger charge is 2.25. The molecule has 0 rings (SSSR count). The van der Waals surface area contributed by atoms with Crippen molar-refractivity contribution in [1.82, 2.24) is 0 Å². The smallest absolute Gasteiger partial charge is 0.171 e. The molecule has 0 unspecified atom stereocenters. The largest absolute Gasteiger partial charge is 0.389 e. The number of thioether (sulfide) groups is 1. The van der Waals surface area contributed by atoms with Gasteiger partial charge < -0.3 is 0 Å². The third-order valence-corrected chi connectivity index (χ3v) is 1.76. The van der Waals surface area contributed by atoms with Crippen LogP contribution in [0.4, 0.5) is 13.2 Å². The molecule has 0 spiro atoms. The summed E-state index contributed by atoms with van der Waals surface area (Å²) in [5, 5.41) is 0. The Morgan fingerprint density at radius 2 is 1.80 bits per heavy atom. The van der Waals surface area contributed by atoms with Gasteiger partial charge in [-0.25, -0.2) is 0 Å². The predicted molar refractivity (Wildman–Crippen MR) is 38.3 cm³/mol. The lowest BCUT2D eigenvalue weighted by Crippen LogP contribution is -2.06. The first-order valence-electron chi connectivity index (χ1n) is 3.12. The molecule has 10 heavy (non-hydrogen) atoms. The van der Waals surface area contributed by atoms with E-state index in [1.165, 1.54) is 0 Å². The second-order valence-corrected chi connectivity index (χ2v) is 3.05. The van der Waals surface area contributed by atoms with Gasteiger partial charge in [0.15, 0.2) is 0 Å². The molecule has 0 nitrogen and oxygen atoms in total. The van der Waals surface area contributed by atoms with Crippen LogP contribution in [-0.4, -0.2) is 18.2 Å². The van der Waals surface area contributed by atoms with Gasteiger partial charge in [-0.15, -0.1) is 0 Å². The van der Waals surface area contributed by atoms with E-state index < -0.39 is 12.6 Å². The van der Waals surface area contributed by atoms with Crippen molar-refractivity contribution in [3.63, 3.8) is 0 Å². The average molecular weight is 172 g/mol. The van der Waals surface area contributed by atoms with E-state index in [0.29, 0.717) is 6.42 Å². The molecule has 0 heterocycles. The van der Waals surface area contributed by atoms with Crippen LogP contribution in [0.1, 0.15) is 19.3 Å². The predicted octanol–water partition coefficient (Wildman–Crippen LogP) is 3.08. The molecule has 0 aromatic heterocycles. The summed E-state index contributed by atoms with van der Waals surface area (Å²) >= 11 is 1.58. The Balaban J connectivity index is 3.04. The summed E-state index contributed by atoms with van der Waals surface area (Å²) in [6.07, 6.45) is -1.76. The quantitative estimate of drug-likeness (QED) is 0.587. The monoisotopic (exact) mass is 172 g/mol. The Hall–Kier alpha value is 0.140. The fourth-order valence-corrected chi connectivity index (χ4v) is 1.06. The number of halogens is 3. The summed E-state index contributed by atoms with van der Waals surface area (Å²) in [4.78, 5) is 0. The third-order valence-electron chi connectivity index (χ3n) is 1.06. The molecular formula is C6H11F3S. The van der Waals surface area contributed by atoms with Crippen molar-refractivity contribution >= 4 is 11.8 Å². The molecule has 0 aromatic rings. The fourth-order valence-electron chi connectivity index (χ4n) is 0.572. The first-order valence-corrected chi connectivity index (χ1v) is 4.51. The van der Waals surface area contributed by atoms with Crippen molar-refractivity contribution in [3.05, 3.63) is 0 Å². The van der Waals surface area contributed by atoms with E-state index in [0.717, 1.165) is 5.75 Å². The maximum atomic E-state index is 11.5. The normalized spacial score (nSPS) is 12.0. The molecule has 0 aliphatic carbocycles. The fraction of sp³-hybridized carbons (Fsp3) is 1.00. The van der Waals surface area contributed by atoms with Crippen LogP contribution < -0.4 is 0 Å². The molecule has 0 N–H and O–H groups in total. The molecule has 0 saturated carbocycles. The molecule has 0 aliphatic heterocycles. The topological polar surface area (TPSA) is 0 Å². The van der Waals surface area contributed by atoms with Gasteiger partial charge in [0.25, 0.3) is 0 Å². The Morgan fingerprint density at radius 1 is 1.20 bits per heavy atom. The van der Waals surface area contributed by atoms with Crippen molar-refractivity contribution in [3.8, 4) is 0 Å². The van der Waals surface area contributed by atoms with E-state index in [1.54, 1.807) is 11.8 Å². The van der Waals surface area contributed by atoms with Crippen LogP contribution in [0.2, 0.25) is 0 Å². The second kappa shape index (κ2) is 4.88. The van der Waals surface area contributed by atoms with Gasteiger partial charge in [-0.05, 0) is 24.9 Å². The molecule has 0 amide bonds. The minimum atomic E-state index is -3.96. The van der Waals surface area contributed by atoms with Crippen LogP contribution in [-0.2, 0) is 0 Å². The zero-order chi connectivity index (χ0) is 8.04. The van der Waals surface area contributed by atoms with Gasteiger partial charge >= 0.3 is 6.18 Å². The Morgan fingerprint density at radius 3 is 2.20 bits per heavy atom.